The molecule has 0 bridgehead atoms. The third-order valence-electron chi connectivity index (χ3n) is 3.78. The number of amidine groups is 1. The largest absolute Gasteiger partial charge is 0.294 e. The van der Waals surface area contributed by atoms with Crippen LogP contribution in [0, 0.1) is 0 Å². The van der Waals surface area contributed by atoms with Gasteiger partial charge in [0.15, 0.2) is 0 Å². The van der Waals surface area contributed by atoms with Gasteiger partial charge in [-0.05, 0) is 6.42 Å². The van der Waals surface area contributed by atoms with Crippen molar-refractivity contribution in [1.82, 2.24) is 10.4 Å². The molecular formula is C16H33N3. The Labute approximate surface area is 119 Å². The monoisotopic (exact) mass is 267 g/mol. The summed E-state index contributed by atoms with van der Waals surface area (Å²) in [6.07, 6.45) is 13.7. The van der Waals surface area contributed by atoms with Crippen molar-refractivity contribution in [2.45, 2.75) is 78.1 Å². The van der Waals surface area contributed by atoms with Gasteiger partial charge in [0, 0.05) is 13.0 Å². The van der Waals surface area contributed by atoms with Crippen LogP contribution in [0.5, 0.6) is 0 Å². The first-order chi connectivity index (χ1) is 9.38. The molecule has 0 aliphatic carbocycles. The van der Waals surface area contributed by atoms with E-state index in [0.29, 0.717) is 0 Å². The summed E-state index contributed by atoms with van der Waals surface area (Å²) >= 11 is 0. The molecule has 0 saturated heterocycles. The molecule has 112 valence electrons. The topological polar surface area (TPSA) is 27.6 Å². The van der Waals surface area contributed by atoms with E-state index in [9.17, 15) is 0 Å². The van der Waals surface area contributed by atoms with E-state index in [-0.39, 0.29) is 0 Å². The molecule has 3 heteroatoms. The molecule has 0 amide bonds. The van der Waals surface area contributed by atoms with Crippen LogP contribution >= 0.6 is 0 Å². The summed E-state index contributed by atoms with van der Waals surface area (Å²) in [6, 6.07) is 0. The summed E-state index contributed by atoms with van der Waals surface area (Å²) in [4.78, 5) is 4.58. The van der Waals surface area contributed by atoms with Gasteiger partial charge in [-0.15, -0.1) is 0 Å². The molecule has 0 atom stereocenters. The zero-order valence-electron chi connectivity index (χ0n) is 13.1. The van der Waals surface area contributed by atoms with Crippen LogP contribution in [0.15, 0.2) is 4.99 Å². The lowest BCUT2D eigenvalue weighted by atomic mass is 10.1. The minimum Gasteiger partial charge on any atom is -0.294 e. The van der Waals surface area contributed by atoms with Gasteiger partial charge in [-0.2, -0.15) is 0 Å². The normalized spacial score (nSPS) is 15.1. The average Bonchev–Trinajstić information content (AvgIpc) is 2.85. The van der Waals surface area contributed by atoms with Crippen LogP contribution in [0.3, 0.4) is 0 Å². The summed E-state index contributed by atoms with van der Waals surface area (Å²) in [6.45, 7) is 7.45. The van der Waals surface area contributed by atoms with E-state index in [1.807, 2.05) is 0 Å². The maximum atomic E-state index is 4.58. The van der Waals surface area contributed by atoms with Crippen LogP contribution in [-0.4, -0.2) is 30.5 Å². The zero-order chi connectivity index (χ0) is 13.8. The van der Waals surface area contributed by atoms with Crippen molar-refractivity contribution in [3.8, 4) is 0 Å². The molecule has 1 aliphatic rings. The second kappa shape index (κ2) is 11.3. The molecule has 0 aromatic rings. The lowest BCUT2D eigenvalue weighted by molar-refractivity contribution is 0.336. The second-order valence-electron chi connectivity index (χ2n) is 5.54. The first-order valence-corrected chi connectivity index (χ1v) is 8.42. The molecule has 3 nitrogen and oxygen atoms in total. The molecule has 0 saturated carbocycles. The molecule has 0 fully saturated rings. The Balaban J connectivity index is 1.90. The number of hydrazine groups is 1. The standard InChI is InChI=1S/C16H33N3/c1-3-5-6-7-8-9-10-11-12-13-16-17-14-15-19(16)18-4-2/h18H,3-15H2,1-2H3. The first kappa shape index (κ1) is 16.5. The van der Waals surface area contributed by atoms with E-state index in [1.54, 1.807) is 0 Å². The minimum atomic E-state index is 0.972. The maximum Gasteiger partial charge on any atom is 0.113 e. The predicted molar refractivity (Wildman–Crippen MR) is 84.5 cm³/mol. The Morgan fingerprint density at radius 3 is 2.21 bits per heavy atom. The van der Waals surface area contributed by atoms with Gasteiger partial charge in [0.05, 0.1) is 13.1 Å². The highest BCUT2D eigenvalue weighted by Gasteiger charge is 2.14. The van der Waals surface area contributed by atoms with E-state index in [1.165, 1.54) is 63.6 Å². The molecule has 0 unspecified atom stereocenters. The van der Waals surface area contributed by atoms with Gasteiger partial charge in [-0.1, -0.05) is 65.2 Å². The third kappa shape index (κ3) is 7.56. The van der Waals surface area contributed by atoms with E-state index in [4.69, 9.17) is 0 Å². The fourth-order valence-electron chi connectivity index (χ4n) is 2.66. The Kier molecular flexibility index (Phi) is 9.78. The number of rotatable bonds is 12. The van der Waals surface area contributed by atoms with E-state index in [0.717, 1.165) is 26.1 Å². The Morgan fingerprint density at radius 1 is 0.947 bits per heavy atom. The SMILES string of the molecule is CCCCCCCCCCCC1=NCCN1NCC. The van der Waals surface area contributed by atoms with Crippen molar-refractivity contribution in [3.05, 3.63) is 0 Å². The highest BCUT2D eigenvalue weighted by atomic mass is 15.5. The number of unbranched alkanes of at least 4 members (excludes halogenated alkanes) is 8. The Morgan fingerprint density at radius 2 is 1.58 bits per heavy atom. The third-order valence-corrected chi connectivity index (χ3v) is 3.78. The van der Waals surface area contributed by atoms with E-state index < -0.39 is 0 Å². The summed E-state index contributed by atoms with van der Waals surface area (Å²) in [5.74, 6) is 1.28. The molecule has 1 N–H and O–H groups in total. The van der Waals surface area contributed by atoms with Gasteiger partial charge in [-0.3, -0.25) is 10.0 Å². The smallest absolute Gasteiger partial charge is 0.113 e. The molecule has 0 radical (unpaired) electrons. The maximum absolute atomic E-state index is 4.58. The fourth-order valence-corrected chi connectivity index (χ4v) is 2.66. The summed E-state index contributed by atoms with van der Waals surface area (Å²) in [5.41, 5.74) is 3.38. The molecule has 0 aromatic carbocycles. The lowest BCUT2D eigenvalue weighted by Gasteiger charge is -2.20. The van der Waals surface area contributed by atoms with E-state index >= 15 is 0 Å². The van der Waals surface area contributed by atoms with Gasteiger partial charge in [-0.25, -0.2) is 5.43 Å². The molecule has 1 rings (SSSR count). The summed E-state index contributed by atoms with van der Waals surface area (Å²) < 4.78 is 0. The van der Waals surface area contributed by atoms with Crippen LogP contribution in [0.2, 0.25) is 0 Å². The summed E-state index contributed by atoms with van der Waals surface area (Å²) in [7, 11) is 0. The van der Waals surface area contributed by atoms with Crippen molar-refractivity contribution < 1.29 is 0 Å². The lowest BCUT2D eigenvalue weighted by Crippen LogP contribution is -2.40. The van der Waals surface area contributed by atoms with Gasteiger partial charge in [0.1, 0.15) is 5.84 Å². The van der Waals surface area contributed by atoms with E-state index in [2.05, 4.69) is 29.3 Å². The predicted octanol–water partition coefficient (Wildman–Crippen LogP) is 4.15. The highest BCUT2D eigenvalue weighted by molar-refractivity contribution is 5.83. The van der Waals surface area contributed by atoms with Crippen molar-refractivity contribution in [2.24, 2.45) is 4.99 Å². The number of hydrogen-bond acceptors (Lipinski definition) is 3. The van der Waals surface area contributed by atoms with Gasteiger partial charge in [0.2, 0.25) is 0 Å². The first-order valence-electron chi connectivity index (χ1n) is 8.42. The van der Waals surface area contributed by atoms with Gasteiger partial charge >= 0.3 is 0 Å². The molecule has 1 heterocycles. The van der Waals surface area contributed by atoms with Crippen LogP contribution in [0.25, 0.3) is 0 Å². The zero-order valence-corrected chi connectivity index (χ0v) is 13.1. The summed E-state index contributed by atoms with van der Waals surface area (Å²) in [5, 5.41) is 2.24. The number of aliphatic imine (C=N–C) groups is 1. The second-order valence-corrected chi connectivity index (χ2v) is 5.54. The van der Waals surface area contributed by atoms with Crippen molar-refractivity contribution in [1.29, 1.82) is 0 Å². The van der Waals surface area contributed by atoms with Crippen molar-refractivity contribution in [3.63, 3.8) is 0 Å². The molecular weight excluding hydrogens is 234 g/mol. The van der Waals surface area contributed by atoms with Crippen LogP contribution in [0.4, 0.5) is 0 Å². The Hall–Kier alpha value is -0.570. The van der Waals surface area contributed by atoms with Crippen molar-refractivity contribution in [2.75, 3.05) is 19.6 Å². The average molecular weight is 267 g/mol. The molecule has 0 spiro atoms. The Bertz CT molecular complexity index is 238. The quantitative estimate of drug-likeness (QED) is 0.538. The highest BCUT2D eigenvalue weighted by Crippen LogP contribution is 2.12. The van der Waals surface area contributed by atoms with Crippen LogP contribution in [0.1, 0.15) is 78.1 Å². The van der Waals surface area contributed by atoms with Gasteiger partial charge < -0.3 is 0 Å². The van der Waals surface area contributed by atoms with Crippen molar-refractivity contribution >= 4 is 5.84 Å². The number of nitrogens with zero attached hydrogens (tertiary/aromatic N) is 2. The van der Waals surface area contributed by atoms with Crippen LogP contribution < -0.4 is 5.43 Å². The fraction of sp³-hybridized carbons (Fsp3) is 0.938. The number of hydrogen-bond donors (Lipinski definition) is 1. The molecule has 19 heavy (non-hydrogen) atoms. The number of nitrogens with one attached hydrogen (secondary N) is 1. The molecule has 0 aromatic heterocycles. The van der Waals surface area contributed by atoms with Crippen LogP contribution in [-0.2, 0) is 0 Å². The minimum absolute atomic E-state index is 0.972. The van der Waals surface area contributed by atoms with Gasteiger partial charge in [0.25, 0.3) is 0 Å². The molecule has 1 aliphatic heterocycles.